The van der Waals surface area contributed by atoms with E-state index in [0.717, 1.165) is 43.8 Å². The average molecular weight is 2030 g/mol. The Labute approximate surface area is 837 Å². The number of anilines is 4. The van der Waals surface area contributed by atoms with Gasteiger partial charge in [0.2, 0.25) is 31.5 Å². The van der Waals surface area contributed by atoms with E-state index in [1.807, 2.05) is 0 Å². The molecule has 32 nitrogen and oxygen atoms in total. The van der Waals surface area contributed by atoms with Gasteiger partial charge in [0.1, 0.15) is 18.1 Å². The summed E-state index contributed by atoms with van der Waals surface area (Å²) in [5.74, 6) is -6.75. The Morgan fingerprint density at radius 1 is 0.407 bits per heavy atom. The zero-order chi connectivity index (χ0) is 103. The maximum Gasteiger partial charge on any atom is 0.346 e. The number of nitrogens with zero attached hydrogens (tertiary/aromatic N) is 5. The highest BCUT2D eigenvalue weighted by Gasteiger charge is 2.35. The highest BCUT2D eigenvalue weighted by molar-refractivity contribution is 6.41. The van der Waals surface area contributed by atoms with E-state index in [4.69, 9.17) is 106 Å². The van der Waals surface area contributed by atoms with Gasteiger partial charge in [-0.3, -0.25) is 52.7 Å². The van der Waals surface area contributed by atoms with Crippen molar-refractivity contribution in [2.24, 2.45) is 0 Å². The molecule has 0 spiro atoms. The number of benzene rings is 10. The second kappa shape index (κ2) is 52.9. The van der Waals surface area contributed by atoms with E-state index in [1.54, 1.807) is 234 Å². The number of imide groups is 1. The number of carboxylic acid groups (broad SMARTS) is 1. The van der Waals surface area contributed by atoms with E-state index in [2.05, 4.69) is 20.7 Å². The van der Waals surface area contributed by atoms with Crippen molar-refractivity contribution in [3.63, 3.8) is 0 Å². The Kier molecular flexibility index (Phi) is 41.8. The molecule has 12 rings (SSSR count). The Morgan fingerprint density at radius 3 is 1.07 bits per heavy atom. The normalized spacial score (nSPS) is 12.3. The molecule has 0 unspecified atom stereocenters. The number of hydrogen-bond donors (Lipinski definition) is 7. The van der Waals surface area contributed by atoms with E-state index in [9.17, 15) is 76.7 Å². The number of nitrogens with one attached hydrogen (secondary N) is 3. The number of ether oxygens (including phenoxy) is 4. The molecular formula is C102H103Cl6N11O21. The van der Waals surface area contributed by atoms with Crippen LogP contribution in [0.4, 0.5) is 22.7 Å². The molecule has 10 N–H and O–H groups in total. The summed E-state index contributed by atoms with van der Waals surface area (Å²) < 4.78 is 20.5. The van der Waals surface area contributed by atoms with Crippen LogP contribution in [0.5, 0.6) is 0 Å². The van der Waals surface area contributed by atoms with Crippen LogP contribution >= 0.6 is 69.6 Å². The number of carbonyl (C=O) groups is 16. The quantitative estimate of drug-likeness (QED) is 0.00369. The Balaban J connectivity index is 0.000000226. The van der Waals surface area contributed by atoms with Crippen molar-refractivity contribution in [2.75, 3.05) is 50.3 Å². The zero-order valence-corrected chi connectivity index (χ0v) is 82.3. The summed E-state index contributed by atoms with van der Waals surface area (Å²) in [6, 6.07) is 52.1. The Morgan fingerprint density at radius 2 is 0.714 bits per heavy atom. The standard InChI is InChI=1S/C31H29Cl2N3O6.C30H31Cl2N3O5.C19H20Cl2N2O3.C12H11NO4.C10H12N2O3/c1-18(2)42-31(41)26(34-29(39)28-24(32)5-4-6-25(28)33)14-19-8-11-22(12-9-19)36-27(38)15-21-10-7-20(16-35(3)17-37)13-23(21)30(36)40;1-18(2)40-30(39)26(34-29(38)28-23(31)5-4-6-24(28)32)14-19-7-9-20(10-8-19)15-27(37)22-13-21(11-12-25(22)33)16-35(3)17-36;1-11(2)26-19(25)16(10-12-6-8-13(22)9-7-12)23-18(24)17-14(20)4-3-5-15(17)21;1-13(7-14)6-8-2-3-9-5-11(15)17-12(16)10(9)4-8;1-12(6-13)5-7-2-3-9(11)8(4-7)10(14)15/h4-13,17-18,26H,14-16H2,1-3H3,(H,34,39);4-13,17-18,26H,14-16,33H2,1-3H3,(H,34,38);3-9,11,16H,10,22H2,1-2H3,(H,23,24);2-4,7H,5-6H2,1H3;2-4,6H,5,11H2,1H3,(H,14,15)/t2*26-;16-;;/m000../s1. The van der Waals surface area contributed by atoms with Gasteiger partial charge in [0, 0.05) is 108 Å². The van der Waals surface area contributed by atoms with Crippen LogP contribution in [0, 0.1) is 0 Å². The fraction of sp³-hybridized carbons (Fsp3) is 0.255. The van der Waals surface area contributed by atoms with E-state index in [0.29, 0.717) is 102 Å². The summed E-state index contributed by atoms with van der Waals surface area (Å²) in [4.78, 5) is 199. The minimum Gasteiger partial charge on any atom is -0.478 e. The lowest BCUT2D eigenvalue weighted by atomic mass is 9.95. The summed E-state index contributed by atoms with van der Waals surface area (Å²) in [5, 5.41) is 17.9. The summed E-state index contributed by atoms with van der Waals surface area (Å²) >= 11 is 36.8. The van der Waals surface area contributed by atoms with Gasteiger partial charge in [0.15, 0.2) is 5.78 Å². The molecule has 10 aromatic carbocycles. The second-order valence-corrected chi connectivity index (χ2v) is 35.6. The number of nitrogens with two attached hydrogens (primary N) is 3. The maximum atomic E-state index is 13.4. The minimum absolute atomic E-state index is 0.0434. The van der Waals surface area contributed by atoms with Crippen molar-refractivity contribution in [3.05, 3.63) is 325 Å². The van der Waals surface area contributed by atoms with Crippen molar-refractivity contribution in [1.29, 1.82) is 0 Å². The number of carboxylic acids is 1. The van der Waals surface area contributed by atoms with Gasteiger partial charge in [0.05, 0.1) is 94.8 Å². The lowest BCUT2D eigenvalue weighted by Crippen LogP contribution is -2.44. The number of aromatic carboxylic acids is 1. The molecule has 10 aromatic rings. The van der Waals surface area contributed by atoms with Crippen LogP contribution in [0.3, 0.4) is 0 Å². The number of esters is 5. The maximum absolute atomic E-state index is 13.4. The third-order valence-corrected chi connectivity index (χ3v) is 22.5. The molecule has 0 aliphatic carbocycles. The summed E-state index contributed by atoms with van der Waals surface area (Å²) in [6.45, 7) is 11.8. The fourth-order valence-electron chi connectivity index (χ4n) is 13.9. The topological polar surface area (TPSA) is 461 Å². The molecule has 2 aliphatic rings. The van der Waals surface area contributed by atoms with Gasteiger partial charge >= 0.3 is 35.8 Å². The van der Waals surface area contributed by atoms with Gasteiger partial charge in [-0.25, -0.2) is 28.9 Å². The molecule has 0 radical (unpaired) electrons. The molecule has 0 bridgehead atoms. The van der Waals surface area contributed by atoms with E-state index >= 15 is 0 Å². The predicted molar refractivity (Wildman–Crippen MR) is 531 cm³/mol. The fourth-order valence-corrected chi connectivity index (χ4v) is 15.6. The number of carbonyl (C=O) groups excluding carboxylic acids is 15. The largest absolute Gasteiger partial charge is 0.478 e. The number of cyclic esters (lactones) is 2. The number of halogens is 6. The number of Topliss-reactive ketones (excluding diaryl/α,β-unsaturated/α-hetero) is 1. The summed E-state index contributed by atoms with van der Waals surface area (Å²) in [5.41, 5.74) is 27.6. The van der Waals surface area contributed by atoms with Gasteiger partial charge < -0.3 is 76.8 Å². The van der Waals surface area contributed by atoms with E-state index in [1.165, 1.54) is 56.0 Å². The van der Waals surface area contributed by atoms with Crippen molar-refractivity contribution < 1.29 is 101 Å². The van der Waals surface area contributed by atoms with Crippen LogP contribution in [-0.2, 0) is 127 Å². The van der Waals surface area contributed by atoms with Crippen molar-refractivity contribution in [3.8, 4) is 0 Å². The van der Waals surface area contributed by atoms with Crippen LogP contribution < -0.4 is 38.1 Å². The number of hydrogen-bond acceptors (Lipinski definition) is 23. The molecule has 3 atom stereocenters. The first-order valence-corrected chi connectivity index (χ1v) is 45.5. The Hall–Kier alpha value is -14.5. The predicted octanol–water partition coefficient (Wildman–Crippen LogP) is 14.4. The molecule has 9 amide bonds. The number of rotatable bonds is 35. The summed E-state index contributed by atoms with van der Waals surface area (Å²) in [6.07, 6.45) is 2.43. The minimum atomic E-state index is -1.07. The monoisotopic (exact) mass is 2030 g/mol. The SMILES string of the molecule is CC(C)OC(=O)[C@H](Cc1ccc(CC(=O)c2cc(CN(C)C=O)ccc2N)cc1)NC(=O)c1c(Cl)cccc1Cl.CC(C)OC(=O)[C@H](Cc1ccc(N)cc1)NC(=O)c1c(Cl)cccc1Cl.CC(C)OC(=O)[C@H](Cc1ccc(N2C(=O)Cc3ccc(CN(C)C=O)cc3C2=O)cc1)NC(=O)c1c(Cl)cccc1Cl.CN(C=O)Cc1ccc(N)c(C(=O)O)c1.CN(C=O)Cc1ccc2c(c1)C(=O)OC(=O)C2. The van der Waals surface area contributed by atoms with E-state index < -0.39 is 83.7 Å². The number of ketones is 1. The van der Waals surface area contributed by atoms with Gasteiger partial charge in [-0.1, -0.05) is 173 Å². The molecule has 2 aliphatic heterocycles. The highest BCUT2D eigenvalue weighted by Crippen LogP contribution is 2.32. The molecule has 0 saturated heterocycles. The van der Waals surface area contributed by atoms with Crippen molar-refractivity contribution in [1.82, 2.24) is 35.6 Å². The van der Waals surface area contributed by atoms with Crippen LogP contribution in [0.2, 0.25) is 30.1 Å². The van der Waals surface area contributed by atoms with Gasteiger partial charge in [0.25, 0.3) is 23.6 Å². The van der Waals surface area contributed by atoms with Gasteiger partial charge in [-0.2, -0.15) is 0 Å². The van der Waals surface area contributed by atoms with E-state index in [-0.39, 0.29) is 121 Å². The molecule has 140 heavy (non-hydrogen) atoms. The lowest BCUT2D eigenvalue weighted by Gasteiger charge is -2.27. The van der Waals surface area contributed by atoms with Crippen molar-refractivity contribution >= 4 is 189 Å². The number of nitrogen functional groups attached to an aromatic ring is 3. The van der Waals surface area contributed by atoms with Crippen molar-refractivity contribution in [2.45, 2.75) is 143 Å². The smallest absolute Gasteiger partial charge is 0.346 e. The van der Waals surface area contributed by atoms with Gasteiger partial charge in [-0.05, 0) is 194 Å². The summed E-state index contributed by atoms with van der Waals surface area (Å²) in [7, 11) is 6.55. The Bertz CT molecular complexity index is 6190. The third kappa shape index (κ3) is 32.8. The average Bonchev–Trinajstić information content (AvgIpc) is 0.770. The number of fused-ring (bicyclic) bond motifs is 2. The molecular weight excluding hydrogens is 1930 g/mol. The molecule has 0 fully saturated rings. The zero-order valence-electron chi connectivity index (χ0n) is 77.7. The first-order chi connectivity index (χ1) is 66.4. The highest BCUT2D eigenvalue weighted by atomic mass is 35.5. The second-order valence-electron chi connectivity index (χ2n) is 33.1. The molecule has 2 heterocycles. The lowest BCUT2D eigenvalue weighted by molar-refractivity contribution is -0.150. The van der Waals surface area contributed by atoms with Crippen LogP contribution in [0.25, 0.3) is 0 Å². The van der Waals surface area contributed by atoms with Gasteiger partial charge in [-0.15, -0.1) is 0 Å². The molecule has 734 valence electrons. The molecule has 0 saturated carbocycles. The van der Waals surface area contributed by atoms with Crippen LogP contribution in [0.15, 0.2) is 200 Å². The van der Waals surface area contributed by atoms with Crippen LogP contribution in [0.1, 0.15) is 170 Å². The number of amides is 9. The molecule has 38 heteroatoms. The first-order valence-electron chi connectivity index (χ1n) is 43.3. The van der Waals surface area contributed by atoms with Crippen LogP contribution in [-0.4, -0.2) is 186 Å². The third-order valence-electron chi connectivity index (χ3n) is 20.6. The first kappa shape index (κ1) is 111. The molecule has 0 aromatic heterocycles.